The van der Waals surface area contributed by atoms with E-state index in [1.54, 1.807) is 18.7 Å². The minimum Gasteiger partial charge on any atom is -0.489 e. The van der Waals surface area contributed by atoms with Crippen molar-refractivity contribution in [2.24, 2.45) is 0 Å². The Kier molecular flexibility index (Phi) is 8.94. The number of ketones is 1. The zero-order chi connectivity index (χ0) is 21.2. The molecule has 152 valence electrons. The van der Waals surface area contributed by atoms with Gasteiger partial charge in [-0.1, -0.05) is 44.7 Å². The van der Waals surface area contributed by atoms with E-state index in [1.807, 2.05) is 50.4 Å². The van der Waals surface area contributed by atoms with E-state index in [0.29, 0.717) is 6.61 Å². The van der Waals surface area contributed by atoms with E-state index < -0.39 is 0 Å². The second-order valence-corrected chi connectivity index (χ2v) is 7.54. The summed E-state index contributed by atoms with van der Waals surface area (Å²) in [4.78, 5) is 17.1. The number of benzene rings is 2. The van der Waals surface area contributed by atoms with Crippen molar-refractivity contribution in [1.82, 2.24) is 4.98 Å². The van der Waals surface area contributed by atoms with Gasteiger partial charge in [0.05, 0.1) is 0 Å². The summed E-state index contributed by atoms with van der Waals surface area (Å²) in [5.74, 6) is 0.909. The summed E-state index contributed by atoms with van der Waals surface area (Å²) in [6.45, 7) is 10.2. The second-order valence-electron chi connectivity index (χ2n) is 6.44. The maximum Gasteiger partial charge on any atom is 0.159 e. The number of carbonyl (C=O) groups excluding carboxylic acids is 1. The number of aromatic nitrogens is 1. The molecule has 3 aromatic rings. The van der Waals surface area contributed by atoms with Crippen LogP contribution in [0.3, 0.4) is 0 Å². The van der Waals surface area contributed by atoms with E-state index in [0.717, 1.165) is 38.8 Å². The molecule has 0 aliphatic heterocycles. The average Bonchev–Trinajstić information content (AvgIpc) is 2.74. The van der Waals surface area contributed by atoms with Gasteiger partial charge in [-0.2, -0.15) is 0 Å². The molecule has 0 bridgehead atoms. The largest absolute Gasteiger partial charge is 0.489 e. The molecule has 2 aromatic carbocycles. The molecule has 0 aliphatic carbocycles. The monoisotopic (exact) mass is 407 g/mol. The van der Waals surface area contributed by atoms with Crippen molar-refractivity contribution >= 4 is 17.5 Å². The summed E-state index contributed by atoms with van der Waals surface area (Å²) >= 11 is 1.65. The van der Waals surface area contributed by atoms with E-state index in [2.05, 4.69) is 43.1 Å². The lowest BCUT2D eigenvalue weighted by atomic mass is 10.1. The van der Waals surface area contributed by atoms with Gasteiger partial charge in [-0.15, -0.1) is 0 Å². The summed E-state index contributed by atoms with van der Waals surface area (Å²) in [5.41, 5.74) is 4.08. The van der Waals surface area contributed by atoms with Gasteiger partial charge in [-0.3, -0.25) is 4.79 Å². The highest BCUT2D eigenvalue weighted by Crippen LogP contribution is 2.28. The van der Waals surface area contributed by atoms with Crippen LogP contribution in [-0.2, 0) is 13.0 Å². The molecule has 1 heterocycles. The van der Waals surface area contributed by atoms with Crippen LogP contribution in [-0.4, -0.2) is 10.8 Å². The first-order chi connectivity index (χ1) is 14.0. The number of hydrogen-bond donors (Lipinski definition) is 0. The van der Waals surface area contributed by atoms with Crippen LogP contribution in [0.1, 0.15) is 54.7 Å². The molecule has 1 aromatic heterocycles. The molecule has 0 saturated heterocycles. The first kappa shape index (κ1) is 22.7. The summed E-state index contributed by atoms with van der Waals surface area (Å²) in [6, 6.07) is 18.0. The van der Waals surface area contributed by atoms with Crippen molar-refractivity contribution in [3.63, 3.8) is 0 Å². The molecule has 0 atom stereocenters. The Hall–Kier alpha value is -2.59. The van der Waals surface area contributed by atoms with Crippen LogP contribution in [0.5, 0.6) is 5.75 Å². The van der Waals surface area contributed by atoms with Crippen LogP contribution in [0.2, 0.25) is 0 Å². The average molecular weight is 408 g/mol. The van der Waals surface area contributed by atoms with Gasteiger partial charge in [0.1, 0.15) is 17.4 Å². The van der Waals surface area contributed by atoms with Crippen LogP contribution in [0.15, 0.2) is 70.7 Å². The van der Waals surface area contributed by atoms with Crippen molar-refractivity contribution in [3.05, 3.63) is 83.0 Å². The fraction of sp³-hybridized carbons (Fsp3) is 0.280. The van der Waals surface area contributed by atoms with Gasteiger partial charge in [-0.05, 0) is 79.4 Å². The standard InChI is InChI=1S/C23H23NO2S.C2H6/c1-4-19-14-20(17(3)25)8-9-22(19)26-15-18-6-5-7-21(13-18)27-23-12-16(2)10-11-24-23;1-2/h5-14H,4,15H2,1-3H3;1-2H3. The highest BCUT2D eigenvalue weighted by atomic mass is 32.2. The molecule has 0 unspecified atom stereocenters. The number of nitrogens with zero attached hydrogens (tertiary/aromatic N) is 1. The van der Waals surface area contributed by atoms with Gasteiger partial charge in [0.2, 0.25) is 0 Å². The topological polar surface area (TPSA) is 39.2 Å². The molecule has 3 rings (SSSR count). The van der Waals surface area contributed by atoms with E-state index in [-0.39, 0.29) is 5.78 Å². The normalized spacial score (nSPS) is 10.1. The maximum absolute atomic E-state index is 11.6. The minimum atomic E-state index is 0.0748. The van der Waals surface area contributed by atoms with Crippen LogP contribution >= 0.6 is 11.8 Å². The van der Waals surface area contributed by atoms with Gasteiger partial charge < -0.3 is 4.74 Å². The molecule has 0 fully saturated rings. The lowest BCUT2D eigenvalue weighted by Crippen LogP contribution is -2.01. The fourth-order valence-corrected chi connectivity index (χ4v) is 3.72. The van der Waals surface area contributed by atoms with E-state index >= 15 is 0 Å². The van der Waals surface area contributed by atoms with Gasteiger partial charge >= 0.3 is 0 Å². The number of Topliss-reactive ketones (excluding diaryl/α,β-unsaturated/α-hetero) is 1. The maximum atomic E-state index is 11.6. The van der Waals surface area contributed by atoms with Crippen LogP contribution in [0, 0.1) is 6.92 Å². The molecule has 0 saturated carbocycles. The Morgan fingerprint density at radius 2 is 1.86 bits per heavy atom. The number of aryl methyl sites for hydroxylation is 2. The lowest BCUT2D eigenvalue weighted by molar-refractivity contribution is 0.101. The Bertz CT molecular complexity index is 953. The molecule has 0 spiro atoms. The number of ether oxygens (including phenoxy) is 1. The van der Waals surface area contributed by atoms with Crippen molar-refractivity contribution < 1.29 is 9.53 Å². The molecule has 4 heteroatoms. The molecule has 0 amide bonds. The van der Waals surface area contributed by atoms with Gasteiger partial charge in [0.15, 0.2) is 5.78 Å². The van der Waals surface area contributed by atoms with Gasteiger partial charge in [0, 0.05) is 16.7 Å². The third-order valence-corrected chi connectivity index (χ3v) is 5.18. The lowest BCUT2D eigenvalue weighted by Gasteiger charge is -2.12. The summed E-state index contributed by atoms with van der Waals surface area (Å²) in [5, 5.41) is 0.987. The van der Waals surface area contributed by atoms with Gasteiger partial charge in [0.25, 0.3) is 0 Å². The third-order valence-electron chi connectivity index (χ3n) is 4.25. The third kappa shape index (κ3) is 6.75. The summed E-state index contributed by atoms with van der Waals surface area (Å²) in [6.07, 6.45) is 2.66. The van der Waals surface area contributed by atoms with Crippen LogP contribution in [0.25, 0.3) is 0 Å². The number of hydrogen-bond acceptors (Lipinski definition) is 4. The molecule has 0 radical (unpaired) electrons. The predicted molar refractivity (Wildman–Crippen MR) is 121 cm³/mol. The Balaban J connectivity index is 0.00000145. The van der Waals surface area contributed by atoms with Crippen molar-refractivity contribution in [2.75, 3.05) is 0 Å². The van der Waals surface area contributed by atoms with Crippen molar-refractivity contribution in [1.29, 1.82) is 0 Å². The first-order valence-electron chi connectivity index (χ1n) is 10.0. The Morgan fingerprint density at radius 1 is 1.07 bits per heavy atom. The van der Waals surface area contributed by atoms with E-state index in [9.17, 15) is 4.79 Å². The van der Waals surface area contributed by atoms with Crippen molar-refractivity contribution in [3.8, 4) is 5.75 Å². The number of carbonyl (C=O) groups is 1. The Labute approximate surface area is 178 Å². The smallest absolute Gasteiger partial charge is 0.159 e. The quantitative estimate of drug-likeness (QED) is 0.399. The SMILES string of the molecule is CC.CCc1cc(C(C)=O)ccc1OCc1cccc(Sc2cc(C)ccn2)c1. The zero-order valence-electron chi connectivity index (χ0n) is 17.9. The molecule has 0 aliphatic rings. The molecular weight excluding hydrogens is 378 g/mol. The summed E-state index contributed by atoms with van der Waals surface area (Å²) < 4.78 is 6.04. The first-order valence-corrected chi connectivity index (χ1v) is 10.8. The van der Waals surface area contributed by atoms with Crippen LogP contribution in [0.4, 0.5) is 0 Å². The fourth-order valence-electron chi connectivity index (χ4n) is 2.76. The van der Waals surface area contributed by atoms with Crippen molar-refractivity contribution in [2.45, 2.75) is 57.6 Å². The van der Waals surface area contributed by atoms with E-state index in [4.69, 9.17) is 4.74 Å². The highest BCUT2D eigenvalue weighted by Gasteiger charge is 2.07. The molecule has 0 N–H and O–H groups in total. The highest BCUT2D eigenvalue weighted by molar-refractivity contribution is 7.99. The Morgan fingerprint density at radius 3 is 2.55 bits per heavy atom. The minimum absolute atomic E-state index is 0.0748. The molecule has 29 heavy (non-hydrogen) atoms. The molecular formula is C25H29NO2S. The number of rotatable bonds is 7. The van der Waals surface area contributed by atoms with Crippen LogP contribution < -0.4 is 4.74 Å². The van der Waals surface area contributed by atoms with E-state index in [1.165, 1.54) is 5.56 Å². The zero-order valence-corrected chi connectivity index (χ0v) is 18.7. The predicted octanol–water partition coefficient (Wildman–Crippen LogP) is 6.91. The molecule has 3 nitrogen and oxygen atoms in total. The second kappa shape index (κ2) is 11.4. The van der Waals surface area contributed by atoms with Gasteiger partial charge in [-0.25, -0.2) is 4.98 Å². The summed E-state index contributed by atoms with van der Waals surface area (Å²) in [7, 11) is 0. The number of pyridine rings is 1.